The smallest absolute Gasteiger partial charge is 0.306 e. The summed E-state index contributed by atoms with van der Waals surface area (Å²) in [5.41, 5.74) is 0. The minimum atomic E-state index is -0.887. The molecule has 3 nitrogen and oxygen atoms in total. The first-order valence-electron chi connectivity index (χ1n) is 4.99. The first-order valence-corrected chi connectivity index (χ1v) is 7.51. The molecule has 0 aromatic rings. The van der Waals surface area contributed by atoms with E-state index < -0.39 is 4.21 Å². The van der Waals surface area contributed by atoms with Gasteiger partial charge in [-0.15, -0.1) is 23.5 Å². The maximum atomic E-state index is 11.2. The van der Waals surface area contributed by atoms with Crippen LogP contribution in [0.3, 0.4) is 0 Å². The molecule has 0 heterocycles. The van der Waals surface area contributed by atoms with Crippen LogP contribution in [0.5, 0.6) is 0 Å². The molecule has 0 saturated carbocycles. The van der Waals surface area contributed by atoms with E-state index in [0.717, 1.165) is 5.75 Å². The predicted molar refractivity (Wildman–Crippen MR) is 70.7 cm³/mol. The largest absolute Gasteiger partial charge is 0.455 e. The van der Waals surface area contributed by atoms with Crippen molar-refractivity contribution in [1.82, 2.24) is 0 Å². The van der Waals surface area contributed by atoms with E-state index in [1.807, 2.05) is 13.0 Å². The summed E-state index contributed by atoms with van der Waals surface area (Å²) in [6.45, 7) is 3.66. The summed E-state index contributed by atoms with van der Waals surface area (Å²) in [6.07, 6.45) is 1.07. The number of halogens is 1. The molecule has 0 saturated heterocycles. The van der Waals surface area contributed by atoms with Crippen LogP contribution in [0.1, 0.15) is 26.7 Å². The van der Waals surface area contributed by atoms with E-state index in [1.54, 1.807) is 18.7 Å². The van der Waals surface area contributed by atoms with Crippen molar-refractivity contribution in [3.05, 3.63) is 0 Å². The molecule has 0 fully saturated rings. The summed E-state index contributed by atoms with van der Waals surface area (Å²) in [7, 11) is 0. The van der Waals surface area contributed by atoms with E-state index >= 15 is 0 Å². The molecule has 0 aliphatic heterocycles. The molecule has 0 rings (SSSR count). The average molecular weight is 282 g/mol. The summed E-state index contributed by atoms with van der Waals surface area (Å²) < 4.78 is 4.07. The number of carbonyl (C=O) groups excluding carboxylic acids is 1. The van der Waals surface area contributed by atoms with Gasteiger partial charge in [0.1, 0.15) is 5.94 Å². The molecule has 0 radical (unpaired) electrons. The number of nitriles is 1. The molecule has 0 amide bonds. The van der Waals surface area contributed by atoms with Crippen LogP contribution >= 0.6 is 35.1 Å². The minimum absolute atomic E-state index is 0.185. The van der Waals surface area contributed by atoms with Gasteiger partial charge in [-0.25, -0.2) is 0 Å². The molecule has 0 aliphatic rings. The van der Waals surface area contributed by atoms with Gasteiger partial charge in [0.15, 0.2) is 4.21 Å². The highest BCUT2D eigenvalue weighted by molar-refractivity contribution is 8.02. The van der Waals surface area contributed by atoms with Gasteiger partial charge in [-0.1, -0.05) is 18.5 Å². The van der Waals surface area contributed by atoms with Crippen LogP contribution in [0.25, 0.3) is 0 Å². The Hall–Kier alpha value is -0.0500. The predicted octanol–water partition coefficient (Wildman–Crippen LogP) is 3.23. The van der Waals surface area contributed by atoms with Crippen molar-refractivity contribution in [2.24, 2.45) is 0 Å². The van der Waals surface area contributed by atoms with Crippen molar-refractivity contribution in [2.45, 2.75) is 30.9 Å². The zero-order chi connectivity index (χ0) is 12.4. The van der Waals surface area contributed by atoms with Crippen LogP contribution in [0.2, 0.25) is 0 Å². The first kappa shape index (κ1) is 16.0. The molecule has 0 aliphatic carbocycles. The molecule has 1 unspecified atom stereocenters. The van der Waals surface area contributed by atoms with Crippen LogP contribution in [-0.4, -0.2) is 27.6 Å². The lowest BCUT2D eigenvalue weighted by atomic mass is 10.3. The van der Waals surface area contributed by atoms with Gasteiger partial charge in [0.25, 0.3) is 0 Å². The van der Waals surface area contributed by atoms with Crippen molar-refractivity contribution in [3.8, 4) is 6.07 Å². The summed E-state index contributed by atoms with van der Waals surface area (Å²) in [4.78, 5) is 11.2. The molecule has 0 aromatic carbocycles. The van der Waals surface area contributed by atoms with Crippen LogP contribution < -0.4 is 0 Å². The second-order valence-electron chi connectivity index (χ2n) is 3.11. The Bertz CT molecular complexity index is 254. The highest BCUT2D eigenvalue weighted by Crippen LogP contribution is 2.29. The Morgan fingerprint density at radius 2 is 2.31 bits per heavy atom. The summed E-state index contributed by atoms with van der Waals surface area (Å²) >= 11 is 8.73. The number of rotatable bonds is 8. The molecule has 16 heavy (non-hydrogen) atoms. The second kappa shape index (κ2) is 9.03. The van der Waals surface area contributed by atoms with Crippen molar-refractivity contribution in [3.63, 3.8) is 0 Å². The lowest BCUT2D eigenvalue weighted by molar-refractivity contribution is -0.141. The monoisotopic (exact) mass is 281 g/mol. The highest BCUT2D eigenvalue weighted by Gasteiger charge is 2.19. The van der Waals surface area contributed by atoms with Crippen molar-refractivity contribution < 1.29 is 9.53 Å². The molecular weight excluding hydrogens is 266 g/mol. The fourth-order valence-electron chi connectivity index (χ4n) is 0.776. The van der Waals surface area contributed by atoms with E-state index in [2.05, 4.69) is 0 Å². The number of hydrogen-bond donors (Lipinski definition) is 0. The number of ether oxygens (including phenoxy) is 1. The van der Waals surface area contributed by atoms with Crippen LogP contribution in [0, 0.1) is 11.3 Å². The Balaban J connectivity index is 3.45. The summed E-state index contributed by atoms with van der Waals surface area (Å²) in [5.74, 6) is 1.86. The molecule has 0 bridgehead atoms. The van der Waals surface area contributed by atoms with E-state index in [0.29, 0.717) is 24.5 Å². The second-order valence-corrected chi connectivity index (χ2v) is 6.82. The number of alkyl halides is 1. The number of esters is 1. The molecule has 92 valence electrons. The fraction of sp³-hybridized carbons (Fsp3) is 0.800. The maximum absolute atomic E-state index is 11.2. The standard InChI is InChI=1S/C10H16ClNO2S2/c1-3-15-8-14-9(13)5-4-6-16-10(2,11)7-12/h3-6,8H2,1-2H3. The lowest BCUT2D eigenvalue weighted by Gasteiger charge is -2.11. The molecule has 0 spiro atoms. The van der Waals surface area contributed by atoms with Crippen molar-refractivity contribution >= 4 is 41.1 Å². The molecule has 0 N–H and O–H groups in total. The van der Waals surface area contributed by atoms with Gasteiger partial charge in [-0.05, 0) is 24.9 Å². The maximum Gasteiger partial charge on any atom is 0.306 e. The number of thioether (sulfide) groups is 2. The van der Waals surface area contributed by atoms with E-state index in [4.69, 9.17) is 21.6 Å². The van der Waals surface area contributed by atoms with Crippen molar-refractivity contribution in [1.29, 1.82) is 5.26 Å². The lowest BCUT2D eigenvalue weighted by Crippen LogP contribution is -2.09. The van der Waals surface area contributed by atoms with E-state index in [-0.39, 0.29) is 5.97 Å². The van der Waals surface area contributed by atoms with Gasteiger partial charge in [0, 0.05) is 6.42 Å². The number of nitrogens with zero attached hydrogens (tertiary/aromatic N) is 1. The van der Waals surface area contributed by atoms with Gasteiger partial charge in [0.05, 0.1) is 6.07 Å². The quantitative estimate of drug-likeness (QED) is 0.296. The molecule has 6 heteroatoms. The van der Waals surface area contributed by atoms with Gasteiger partial charge in [-0.2, -0.15) is 5.26 Å². The average Bonchev–Trinajstić information content (AvgIpc) is 2.25. The SMILES string of the molecule is CCSCOC(=O)CCCSC(C)(Cl)C#N. The van der Waals surface area contributed by atoms with E-state index in [9.17, 15) is 4.79 Å². The number of hydrogen-bond acceptors (Lipinski definition) is 5. The van der Waals surface area contributed by atoms with Gasteiger partial charge >= 0.3 is 5.97 Å². The number of carbonyl (C=O) groups is 1. The third kappa shape index (κ3) is 9.20. The minimum Gasteiger partial charge on any atom is -0.455 e. The zero-order valence-corrected chi connectivity index (χ0v) is 11.9. The normalized spacial score (nSPS) is 13.9. The van der Waals surface area contributed by atoms with Crippen LogP contribution in [0.4, 0.5) is 0 Å². The van der Waals surface area contributed by atoms with Gasteiger partial charge in [0.2, 0.25) is 0 Å². The molecule has 0 aromatic heterocycles. The Kier molecular flexibility index (Phi) is 9.00. The molecule has 1 atom stereocenters. The van der Waals surface area contributed by atoms with Crippen LogP contribution in [0.15, 0.2) is 0 Å². The topological polar surface area (TPSA) is 50.1 Å². The van der Waals surface area contributed by atoms with E-state index in [1.165, 1.54) is 11.8 Å². The Morgan fingerprint density at radius 3 is 2.88 bits per heavy atom. The Morgan fingerprint density at radius 1 is 1.62 bits per heavy atom. The highest BCUT2D eigenvalue weighted by atomic mass is 35.5. The summed E-state index contributed by atoms with van der Waals surface area (Å²) in [6, 6.07) is 1.98. The van der Waals surface area contributed by atoms with Crippen LogP contribution in [-0.2, 0) is 9.53 Å². The third-order valence-electron chi connectivity index (χ3n) is 1.61. The zero-order valence-electron chi connectivity index (χ0n) is 9.49. The first-order chi connectivity index (χ1) is 7.52. The fourth-order valence-corrected chi connectivity index (χ4v) is 2.12. The third-order valence-corrected chi connectivity index (χ3v) is 3.84. The van der Waals surface area contributed by atoms with Gasteiger partial charge < -0.3 is 4.74 Å². The van der Waals surface area contributed by atoms with Crippen molar-refractivity contribution in [2.75, 3.05) is 17.4 Å². The van der Waals surface area contributed by atoms with Gasteiger partial charge in [-0.3, -0.25) is 4.79 Å². The Labute approximate surface area is 110 Å². The molecular formula is C10H16ClNO2S2. The summed E-state index contributed by atoms with van der Waals surface area (Å²) in [5, 5.41) is 8.65.